The van der Waals surface area contributed by atoms with Crippen molar-refractivity contribution in [2.45, 2.75) is 20.8 Å². The molecule has 116 valence electrons. The Morgan fingerprint density at radius 1 is 1.00 bits per heavy atom. The summed E-state index contributed by atoms with van der Waals surface area (Å²) in [6.45, 7) is 5.87. The standard InChI is InChI=1S/C19H19N3O/c1-13-9-10-14(2)17(11-13)20-19(23)18-12-15(3)21-22(18)16-7-5-4-6-8-16/h4-12H,1-3H3,(H,20,23). The molecule has 3 rings (SSSR count). The number of nitrogens with one attached hydrogen (secondary N) is 1. The van der Waals surface area contributed by atoms with Crippen molar-refractivity contribution in [3.8, 4) is 5.69 Å². The molecule has 23 heavy (non-hydrogen) atoms. The molecule has 1 amide bonds. The summed E-state index contributed by atoms with van der Waals surface area (Å²) < 4.78 is 1.68. The first-order valence-corrected chi connectivity index (χ1v) is 7.55. The van der Waals surface area contributed by atoms with Crippen molar-refractivity contribution in [2.24, 2.45) is 0 Å². The summed E-state index contributed by atoms with van der Waals surface area (Å²) in [7, 11) is 0. The van der Waals surface area contributed by atoms with Gasteiger partial charge in [0, 0.05) is 5.69 Å². The first-order valence-electron chi connectivity index (χ1n) is 7.55. The number of carbonyl (C=O) groups excluding carboxylic acids is 1. The topological polar surface area (TPSA) is 46.9 Å². The molecule has 2 aromatic carbocycles. The minimum Gasteiger partial charge on any atom is -0.320 e. The highest BCUT2D eigenvalue weighted by Crippen LogP contribution is 2.19. The van der Waals surface area contributed by atoms with Crippen LogP contribution >= 0.6 is 0 Å². The third-order valence-electron chi connectivity index (χ3n) is 3.71. The van der Waals surface area contributed by atoms with Crippen LogP contribution in [0, 0.1) is 20.8 Å². The number of rotatable bonds is 3. The summed E-state index contributed by atoms with van der Waals surface area (Å²) in [4.78, 5) is 12.7. The molecule has 3 aromatic rings. The van der Waals surface area contributed by atoms with Gasteiger partial charge in [-0.3, -0.25) is 4.79 Å². The van der Waals surface area contributed by atoms with E-state index in [-0.39, 0.29) is 5.91 Å². The van der Waals surface area contributed by atoms with E-state index in [2.05, 4.69) is 10.4 Å². The average Bonchev–Trinajstić information content (AvgIpc) is 2.94. The number of nitrogens with zero attached hydrogens (tertiary/aromatic N) is 2. The number of aryl methyl sites for hydroxylation is 3. The van der Waals surface area contributed by atoms with E-state index in [1.807, 2.05) is 69.3 Å². The second-order valence-corrected chi connectivity index (χ2v) is 5.69. The second kappa shape index (κ2) is 6.08. The van der Waals surface area contributed by atoms with Crippen molar-refractivity contribution < 1.29 is 4.79 Å². The van der Waals surface area contributed by atoms with Gasteiger partial charge in [0.2, 0.25) is 0 Å². The molecule has 1 aromatic heterocycles. The zero-order valence-corrected chi connectivity index (χ0v) is 13.5. The Labute approximate surface area is 135 Å². The third kappa shape index (κ3) is 3.16. The average molecular weight is 305 g/mol. The summed E-state index contributed by atoms with van der Waals surface area (Å²) in [6, 6.07) is 17.5. The smallest absolute Gasteiger partial charge is 0.274 e. The van der Waals surface area contributed by atoms with E-state index in [0.29, 0.717) is 5.69 Å². The van der Waals surface area contributed by atoms with Crippen molar-refractivity contribution in [1.82, 2.24) is 9.78 Å². The fourth-order valence-corrected chi connectivity index (χ4v) is 2.48. The number of amides is 1. The predicted molar refractivity (Wildman–Crippen MR) is 92.2 cm³/mol. The van der Waals surface area contributed by atoms with Gasteiger partial charge in [0.1, 0.15) is 5.69 Å². The Hall–Kier alpha value is -2.88. The highest BCUT2D eigenvalue weighted by Gasteiger charge is 2.16. The van der Waals surface area contributed by atoms with E-state index in [0.717, 1.165) is 28.2 Å². The van der Waals surface area contributed by atoms with Crippen LogP contribution in [-0.4, -0.2) is 15.7 Å². The predicted octanol–water partition coefficient (Wildman–Crippen LogP) is 4.05. The van der Waals surface area contributed by atoms with Gasteiger partial charge in [-0.15, -0.1) is 0 Å². The molecule has 0 aliphatic heterocycles. The maximum absolute atomic E-state index is 12.7. The molecule has 0 atom stereocenters. The molecule has 4 heteroatoms. The largest absolute Gasteiger partial charge is 0.320 e. The lowest BCUT2D eigenvalue weighted by molar-refractivity contribution is 0.101. The molecule has 0 fully saturated rings. The van der Waals surface area contributed by atoms with Gasteiger partial charge in [0.25, 0.3) is 5.91 Å². The van der Waals surface area contributed by atoms with E-state index >= 15 is 0 Å². The quantitative estimate of drug-likeness (QED) is 0.793. The van der Waals surface area contributed by atoms with Crippen molar-refractivity contribution in [2.75, 3.05) is 5.32 Å². The monoisotopic (exact) mass is 305 g/mol. The molecule has 1 N–H and O–H groups in total. The van der Waals surface area contributed by atoms with Crippen LogP contribution in [0.25, 0.3) is 5.69 Å². The zero-order chi connectivity index (χ0) is 16.4. The lowest BCUT2D eigenvalue weighted by Crippen LogP contribution is -2.17. The molecule has 0 unspecified atom stereocenters. The van der Waals surface area contributed by atoms with Crippen LogP contribution in [0.1, 0.15) is 27.3 Å². The van der Waals surface area contributed by atoms with E-state index in [1.165, 1.54) is 0 Å². The Bertz CT molecular complexity index is 850. The SMILES string of the molecule is Cc1ccc(C)c(NC(=O)c2cc(C)nn2-c2ccccc2)c1. The van der Waals surface area contributed by atoms with E-state index in [1.54, 1.807) is 10.7 Å². The number of para-hydroxylation sites is 1. The van der Waals surface area contributed by atoms with Gasteiger partial charge in [0.15, 0.2) is 0 Å². The van der Waals surface area contributed by atoms with Gasteiger partial charge in [0.05, 0.1) is 11.4 Å². The molecule has 0 spiro atoms. The van der Waals surface area contributed by atoms with Crippen molar-refractivity contribution >= 4 is 11.6 Å². The van der Waals surface area contributed by atoms with Crippen LogP contribution in [0.5, 0.6) is 0 Å². The lowest BCUT2D eigenvalue weighted by atomic mass is 10.1. The summed E-state index contributed by atoms with van der Waals surface area (Å²) in [5.74, 6) is -0.164. The van der Waals surface area contributed by atoms with Crippen molar-refractivity contribution in [3.63, 3.8) is 0 Å². The van der Waals surface area contributed by atoms with Crippen LogP contribution < -0.4 is 5.32 Å². The van der Waals surface area contributed by atoms with Gasteiger partial charge in [-0.25, -0.2) is 4.68 Å². The first-order chi connectivity index (χ1) is 11.0. The van der Waals surface area contributed by atoms with Gasteiger partial charge >= 0.3 is 0 Å². The van der Waals surface area contributed by atoms with Gasteiger partial charge < -0.3 is 5.32 Å². The van der Waals surface area contributed by atoms with Crippen LogP contribution in [0.3, 0.4) is 0 Å². The van der Waals surface area contributed by atoms with Crippen molar-refractivity contribution in [1.29, 1.82) is 0 Å². The summed E-state index contributed by atoms with van der Waals surface area (Å²) in [5, 5.41) is 7.43. The normalized spacial score (nSPS) is 10.6. The number of anilines is 1. The molecule has 1 heterocycles. The first kappa shape index (κ1) is 15.0. The third-order valence-corrected chi connectivity index (χ3v) is 3.71. The highest BCUT2D eigenvalue weighted by atomic mass is 16.2. The fourth-order valence-electron chi connectivity index (χ4n) is 2.48. The molecule has 0 saturated carbocycles. The molecule has 0 radical (unpaired) electrons. The Morgan fingerprint density at radius 3 is 2.48 bits per heavy atom. The van der Waals surface area contributed by atoms with E-state index in [9.17, 15) is 4.79 Å². The molecule has 0 bridgehead atoms. The maximum atomic E-state index is 12.7. The number of aromatic nitrogens is 2. The Morgan fingerprint density at radius 2 is 1.74 bits per heavy atom. The van der Waals surface area contributed by atoms with Crippen LogP contribution in [0.15, 0.2) is 54.6 Å². The number of hydrogen-bond acceptors (Lipinski definition) is 2. The summed E-state index contributed by atoms with van der Waals surface area (Å²) in [5.41, 5.74) is 5.17. The summed E-state index contributed by atoms with van der Waals surface area (Å²) >= 11 is 0. The number of hydrogen-bond donors (Lipinski definition) is 1. The molecule has 0 aliphatic rings. The Balaban J connectivity index is 1.96. The van der Waals surface area contributed by atoms with E-state index < -0.39 is 0 Å². The lowest BCUT2D eigenvalue weighted by Gasteiger charge is -2.11. The number of benzene rings is 2. The minimum atomic E-state index is -0.164. The van der Waals surface area contributed by atoms with Crippen LogP contribution in [-0.2, 0) is 0 Å². The van der Waals surface area contributed by atoms with Gasteiger partial charge in [-0.05, 0) is 56.2 Å². The van der Waals surface area contributed by atoms with E-state index in [4.69, 9.17) is 0 Å². The molecular weight excluding hydrogens is 286 g/mol. The highest BCUT2D eigenvalue weighted by molar-refractivity contribution is 6.04. The maximum Gasteiger partial charge on any atom is 0.274 e. The molecule has 0 aliphatic carbocycles. The Kier molecular flexibility index (Phi) is 3.98. The van der Waals surface area contributed by atoms with Gasteiger partial charge in [-0.2, -0.15) is 5.10 Å². The number of carbonyl (C=O) groups is 1. The fraction of sp³-hybridized carbons (Fsp3) is 0.158. The molecular formula is C19H19N3O. The summed E-state index contributed by atoms with van der Waals surface area (Å²) in [6.07, 6.45) is 0. The minimum absolute atomic E-state index is 0.164. The van der Waals surface area contributed by atoms with Crippen molar-refractivity contribution in [3.05, 3.63) is 77.1 Å². The second-order valence-electron chi connectivity index (χ2n) is 5.69. The molecule has 0 saturated heterocycles. The molecule has 4 nitrogen and oxygen atoms in total. The van der Waals surface area contributed by atoms with Gasteiger partial charge in [-0.1, -0.05) is 30.3 Å². The zero-order valence-electron chi connectivity index (χ0n) is 13.5. The van der Waals surface area contributed by atoms with Crippen LogP contribution in [0.4, 0.5) is 5.69 Å². The van der Waals surface area contributed by atoms with Crippen LogP contribution in [0.2, 0.25) is 0 Å².